The minimum absolute atomic E-state index is 0. The minimum Gasteiger partial charge on any atom is -0.459 e. The van der Waals surface area contributed by atoms with E-state index >= 15 is 0 Å². The number of hydrogen-bond acceptors (Lipinski definition) is 5. The molecule has 0 fully saturated rings. The Morgan fingerprint density at radius 3 is 2.62 bits per heavy atom. The molecule has 1 aromatic carbocycles. The molecule has 0 bridgehead atoms. The molecule has 1 amide bonds. The van der Waals surface area contributed by atoms with Crippen molar-refractivity contribution in [1.82, 2.24) is 10.9 Å². The fourth-order valence-corrected chi connectivity index (χ4v) is 1.83. The quantitative estimate of drug-likeness (QED) is 0.292. The van der Waals surface area contributed by atoms with E-state index in [-0.39, 0.29) is 32.2 Å². The second kappa shape index (κ2) is 13.4. The molecular formula is C17H26N2O4S. The van der Waals surface area contributed by atoms with Crippen molar-refractivity contribution < 1.29 is 19.1 Å². The summed E-state index contributed by atoms with van der Waals surface area (Å²) in [7, 11) is 0. The average Bonchev–Trinajstić information content (AvgIpc) is 2.56. The van der Waals surface area contributed by atoms with Crippen LogP contribution >= 0.6 is 13.5 Å². The van der Waals surface area contributed by atoms with Crippen LogP contribution in [-0.2, 0) is 9.47 Å². The van der Waals surface area contributed by atoms with E-state index in [2.05, 4.69) is 17.4 Å². The first-order valence-corrected chi connectivity index (χ1v) is 7.66. The SMILES string of the molecule is C=CCOC(=O)NNCCCC[C@H](C)OC(=O)c1ccccc1.S. The third-order valence-electron chi connectivity index (χ3n) is 3.00. The summed E-state index contributed by atoms with van der Waals surface area (Å²) in [5, 5.41) is 0. The summed E-state index contributed by atoms with van der Waals surface area (Å²) in [5.41, 5.74) is 5.74. The van der Waals surface area contributed by atoms with E-state index < -0.39 is 6.09 Å². The van der Waals surface area contributed by atoms with Crippen molar-refractivity contribution in [3.8, 4) is 0 Å². The number of benzene rings is 1. The highest BCUT2D eigenvalue weighted by atomic mass is 32.1. The van der Waals surface area contributed by atoms with Crippen molar-refractivity contribution in [1.29, 1.82) is 0 Å². The van der Waals surface area contributed by atoms with E-state index in [0.29, 0.717) is 12.1 Å². The predicted octanol–water partition coefficient (Wildman–Crippen LogP) is 2.93. The van der Waals surface area contributed by atoms with Gasteiger partial charge in [0.15, 0.2) is 0 Å². The first-order valence-electron chi connectivity index (χ1n) is 7.66. The molecule has 0 saturated heterocycles. The molecule has 0 saturated carbocycles. The van der Waals surface area contributed by atoms with Crippen molar-refractivity contribution in [2.75, 3.05) is 13.2 Å². The molecule has 0 aromatic heterocycles. The predicted molar refractivity (Wildman–Crippen MR) is 98.2 cm³/mol. The van der Waals surface area contributed by atoms with Gasteiger partial charge in [-0.1, -0.05) is 30.9 Å². The summed E-state index contributed by atoms with van der Waals surface area (Å²) in [4.78, 5) is 22.9. The van der Waals surface area contributed by atoms with E-state index in [4.69, 9.17) is 9.47 Å². The van der Waals surface area contributed by atoms with Crippen LogP contribution in [0.25, 0.3) is 0 Å². The molecule has 0 aliphatic rings. The van der Waals surface area contributed by atoms with Crippen molar-refractivity contribution in [2.45, 2.75) is 32.3 Å². The average molecular weight is 354 g/mol. The van der Waals surface area contributed by atoms with Gasteiger partial charge in [-0.25, -0.2) is 15.0 Å². The highest BCUT2D eigenvalue weighted by molar-refractivity contribution is 7.59. The summed E-state index contributed by atoms with van der Waals surface area (Å²) in [6.07, 6.45) is 3.30. The zero-order chi connectivity index (χ0) is 16.9. The molecule has 1 aromatic rings. The lowest BCUT2D eigenvalue weighted by Gasteiger charge is -2.13. The topological polar surface area (TPSA) is 76.7 Å². The Morgan fingerprint density at radius 2 is 1.96 bits per heavy atom. The first kappa shape index (κ1) is 22.0. The van der Waals surface area contributed by atoms with Crippen LogP contribution in [0, 0.1) is 0 Å². The molecule has 6 nitrogen and oxygen atoms in total. The second-order valence-electron chi connectivity index (χ2n) is 5.02. The maximum absolute atomic E-state index is 11.8. The molecule has 1 atom stereocenters. The standard InChI is InChI=1S/C17H24N2O4.H2S/c1-3-13-22-17(21)19-18-12-8-7-9-14(2)23-16(20)15-10-5-4-6-11-15;/h3-6,10-11,14,18H,1,7-9,12-13H2,2H3,(H,19,21);1H2/t14-;/m0./s1. The molecule has 1 rings (SSSR count). The molecule has 24 heavy (non-hydrogen) atoms. The van der Waals surface area contributed by atoms with Gasteiger partial charge in [0.2, 0.25) is 0 Å². The van der Waals surface area contributed by atoms with Crippen molar-refractivity contribution >= 4 is 25.6 Å². The van der Waals surface area contributed by atoms with E-state index in [1.54, 1.807) is 24.3 Å². The Kier molecular flexibility index (Phi) is 12.3. The van der Waals surface area contributed by atoms with Gasteiger partial charge in [0, 0.05) is 6.54 Å². The molecule has 134 valence electrons. The number of esters is 1. The van der Waals surface area contributed by atoms with Crippen LogP contribution in [0.4, 0.5) is 4.79 Å². The largest absolute Gasteiger partial charge is 0.459 e. The van der Waals surface area contributed by atoms with Crippen LogP contribution in [0.5, 0.6) is 0 Å². The maximum atomic E-state index is 11.8. The van der Waals surface area contributed by atoms with Gasteiger partial charge in [-0.05, 0) is 38.3 Å². The number of unbranched alkanes of at least 4 members (excludes halogenated alkanes) is 1. The van der Waals surface area contributed by atoms with E-state index in [9.17, 15) is 9.59 Å². The molecule has 0 unspecified atom stereocenters. The third-order valence-corrected chi connectivity index (χ3v) is 3.00. The van der Waals surface area contributed by atoms with Gasteiger partial charge in [-0.2, -0.15) is 13.5 Å². The number of amides is 1. The van der Waals surface area contributed by atoms with Gasteiger partial charge in [-0.15, -0.1) is 0 Å². The molecule has 7 heteroatoms. The van der Waals surface area contributed by atoms with Crippen LogP contribution < -0.4 is 10.9 Å². The number of rotatable bonds is 10. The molecule has 2 N–H and O–H groups in total. The fourth-order valence-electron chi connectivity index (χ4n) is 1.83. The van der Waals surface area contributed by atoms with E-state index in [0.717, 1.165) is 19.3 Å². The van der Waals surface area contributed by atoms with Gasteiger partial charge in [0.1, 0.15) is 6.61 Å². The number of ether oxygens (including phenoxy) is 2. The van der Waals surface area contributed by atoms with Crippen LogP contribution in [0.3, 0.4) is 0 Å². The summed E-state index contributed by atoms with van der Waals surface area (Å²) >= 11 is 0. The van der Waals surface area contributed by atoms with Gasteiger partial charge >= 0.3 is 12.1 Å². The molecular weight excluding hydrogens is 328 g/mol. The Labute approximate surface area is 150 Å². The number of hydrogen-bond donors (Lipinski definition) is 2. The minimum atomic E-state index is -0.532. The highest BCUT2D eigenvalue weighted by Crippen LogP contribution is 2.08. The zero-order valence-electron chi connectivity index (χ0n) is 13.9. The lowest BCUT2D eigenvalue weighted by molar-refractivity contribution is 0.0319. The van der Waals surface area contributed by atoms with E-state index in [1.807, 2.05) is 13.0 Å². The Morgan fingerprint density at radius 1 is 1.25 bits per heavy atom. The number of carbonyl (C=O) groups is 2. The monoisotopic (exact) mass is 354 g/mol. The van der Waals surface area contributed by atoms with Crippen LogP contribution in [0.15, 0.2) is 43.0 Å². The van der Waals surface area contributed by atoms with Crippen molar-refractivity contribution in [2.24, 2.45) is 0 Å². The molecule has 0 aliphatic carbocycles. The van der Waals surface area contributed by atoms with Crippen LogP contribution in [0.1, 0.15) is 36.5 Å². The van der Waals surface area contributed by atoms with Gasteiger partial charge in [0.25, 0.3) is 0 Å². The lowest BCUT2D eigenvalue weighted by atomic mass is 10.1. The zero-order valence-corrected chi connectivity index (χ0v) is 14.9. The number of hydrazine groups is 1. The van der Waals surface area contributed by atoms with Crippen molar-refractivity contribution in [3.05, 3.63) is 48.6 Å². The summed E-state index contributed by atoms with van der Waals surface area (Å²) in [6.45, 7) is 6.11. The summed E-state index contributed by atoms with van der Waals surface area (Å²) < 4.78 is 10.1. The molecule has 0 aliphatic heterocycles. The summed E-state index contributed by atoms with van der Waals surface area (Å²) in [6, 6.07) is 8.93. The Hall–Kier alpha value is -1.99. The normalized spacial score (nSPS) is 10.9. The van der Waals surface area contributed by atoms with Gasteiger partial charge < -0.3 is 9.47 Å². The molecule has 0 radical (unpaired) electrons. The molecule has 0 heterocycles. The fraction of sp³-hybridized carbons (Fsp3) is 0.412. The summed E-state index contributed by atoms with van der Waals surface area (Å²) in [5.74, 6) is -0.303. The Balaban J connectivity index is 0.00000529. The second-order valence-corrected chi connectivity index (χ2v) is 5.02. The Bertz CT molecular complexity index is 497. The smallest absolute Gasteiger partial charge is 0.421 e. The number of nitrogens with one attached hydrogen (secondary N) is 2. The molecule has 0 spiro atoms. The number of carbonyl (C=O) groups excluding carboxylic acids is 2. The lowest BCUT2D eigenvalue weighted by Crippen LogP contribution is -2.38. The van der Waals surface area contributed by atoms with Crippen molar-refractivity contribution in [3.63, 3.8) is 0 Å². The van der Waals surface area contributed by atoms with Gasteiger partial charge in [-0.3, -0.25) is 5.43 Å². The van der Waals surface area contributed by atoms with Gasteiger partial charge in [0.05, 0.1) is 11.7 Å². The van der Waals surface area contributed by atoms with E-state index in [1.165, 1.54) is 6.08 Å². The van der Waals surface area contributed by atoms with Crippen LogP contribution in [-0.4, -0.2) is 31.3 Å². The van der Waals surface area contributed by atoms with Crippen LogP contribution in [0.2, 0.25) is 0 Å². The first-order chi connectivity index (χ1) is 11.1. The highest BCUT2D eigenvalue weighted by Gasteiger charge is 2.11. The maximum Gasteiger partial charge on any atom is 0.421 e. The third kappa shape index (κ3) is 9.91.